The molecule has 0 N–H and O–H groups in total. The molecule has 0 aromatic heterocycles. The van der Waals surface area contributed by atoms with E-state index in [1.165, 1.54) is 12.8 Å². The number of para-hydroxylation sites is 1. The van der Waals surface area contributed by atoms with Crippen molar-refractivity contribution in [3.63, 3.8) is 0 Å². The van der Waals surface area contributed by atoms with Gasteiger partial charge in [-0.15, -0.1) is 11.6 Å². The van der Waals surface area contributed by atoms with Gasteiger partial charge in [-0.1, -0.05) is 25.1 Å². The van der Waals surface area contributed by atoms with Crippen molar-refractivity contribution in [3.05, 3.63) is 30.3 Å². The topological polar surface area (TPSA) is 9.23 Å². The van der Waals surface area contributed by atoms with Gasteiger partial charge in [0.2, 0.25) is 0 Å². The maximum absolute atomic E-state index is 5.73. The zero-order valence-corrected chi connectivity index (χ0v) is 10.0. The molecule has 0 radical (unpaired) electrons. The molecular formula is C13H19ClO. The van der Waals surface area contributed by atoms with E-state index in [1.807, 2.05) is 30.3 Å². The Morgan fingerprint density at radius 1 is 1.20 bits per heavy atom. The lowest BCUT2D eigenvalue weighted by Gasteiger charge is -2.08. The summed E-state index contributed by atoms with van der Waals surface area (Å²) < 4.78 is 5.59. The van der Waals surface area contributed by atoms with Crippen LogP contribution < -0.4 is 4.74 Å². The number of hydrogen-bond donors (Lipinski definition) is 0. The first-order chi connectivity index (χ1) is 7.33. The third kappa shape index (κ3) is 5.68. The maximum atomic E-state index is 5.73. The van der Waals surface area contributed by atoms with E-state index in [9.17, 15) is 0 Å². The smallest absolute Gasteiger partial charge is 0.119 e. The highest BCUT2D eigenvalue weighted by Crippen LogP contribution is 2.11. The Hall–Kier alpha value is -0.690. The van der Waals surface area contributed by atoms with Gasteiger partial charge in [0.15, 0.2) is 0 Å². The summed E-state index contributed by atoms with van der Waals surface area (Å²) in [5.74, 6) is 2.35. The van der Waals surface area contributed by atoms with E-state index in [4.69, 9.17) is 16.3 Å². The quantitative estimate of drug-likeness (QED) is 0.502. The SMILES string of the molecule is CC(CCl)CCCCOc1ccccc1. The van der Waals surface area contributed by atoms with Crippen LogP contribution in [0.1, 0.15) is 26.2 Å². The van der Waals surface area contributed by atoms with Gasteiger partial charge in [-0.05, 0) is 37.3 Å². The Labute approximate surface area is 97.4 Å². The van der Waals surface area contributed by atoms with E-state index in [1.54, 1.807) is 0 Å². The first-order valence-corrected chi connectivity index (χ1v) is 6.10. The average molecular weight is 227 g/mol. The molecule has 0 fully saturated rings. The van der Waals surface area contributed by atoms with Crippen molar-refractivity contribution < 1.29 is 4.74 Å². The lowest BCUT2D eigenvalue weighted by atomic mass is 10.1. The molecule has 0 bridgehead atoms. The minimum atomic E-state index is 0.628. The number of rotatable bonds is 7. The van der Waals surface area contributed by atoms with Crippen LogP contribution >= 0.6 is 11.6 Å². The molecule has 0 heterocycles. The summed E-state index contributed by atoms with van der Waals surface area (Å²) >= 11 is 5.73. The fourth-order valence-electron chi connectivity index (χ4n) is 1.38. The van der Waals surface area contributed by atoms with Crippen molar-refractivity contribution in [2.75, 3.05) is 12.5 Å². The number of halogens is 1. The summed E-state index contributed by atoms with van der Waals surface area (Å²) in [7, 11) is 0. The second-order valence-corrected chi connectivity index (χ2v) is 4.23. The van der Waals surface area contributed by atoms with Crippen LogP contribution in [0.4, 0.5) is 0 Å². The third-order valence-corrected chi connectivity index (χ3v) is 2.89. The summed E-state index contributed by atoms with van der Waals surface area (Å²) in [6.45, 7) is 2.99. The lowest BCUT2D eigenvalue weighted by molar-refractivity contribution is 0.301. The molecule has 1 nitrogen and oxygen atoms in total. The van der Waals surface area contributed by atoms with Gasteiger partial charge >= 0.3 is 0 Å². The van der Waals surface area contributed by atoms with Gasteiger partial charge in [0.05, 0.1) is 6.61 Å². The van der Waals surface area contributed by atoms with E-state index in [0.29, 0.717) is 5.92 Å². The minimum Gasteiger partial charge on any atom is -0.494 e. The van der Waals surface area contributed by atoms with Crippen LogP contribution in [0.2, 0.25) is 0 Å². The summed E-state index contributed by atoms with van der Waals surface area (Å²) in [6, 6.07) is 9.95. The van der Waals surface area contributed by atoms with Crippen LogP contribution in [0, 0.1) is 5.92 Å². The molecule has 0 saturated heterocycles. The van der Waals surface area contributed by atoms with Crippen molar-refractivity contribution in [2.24, 2.45) is 5.92 Å². The van der Waals surface area contributed by atoms with Gasteiger partial charge in [-0.2, -0.15) is 0 Å². The first kappa shape index (κ1) is 12.4. The zero-order chi connectivity index (χ0) is 10.9. The highest BCUT2D eigenvalue weighted by Gasteiger charge is 1.99. The Morgan fingerprint density at radius 3 is 2.60 bits per heavy atom. The zero-order valence-electron chi connectivity index (χ0n) is 9.29. The second kappa shape index (κ2) is 7.58. The van der Waals surface area contributed by atoms with Gasteiger partial charge in [0, 0.05) is 5.88 Å². The van der Waals surface area contributed by atoms with Crippen molar-refractivity contribution in [2.45, 2.75) is 26.2 Å². The van der Waals surface area contributed by atoms with E-state index in [-0.39, 0.29) is 0 Å². The average Bonchev–Trinajstić information content (AvgIpc) is 2.29. The van der Waals surface area contributed by atoms with Crippen LogP contribution in [-0.2, 0) is 0 Å². The van der Waals surface area contributed by atoms with Crippen LogP contribution in [0.3, 0.4) is 0 Å². The Kier molecular flexibility index (Phi) is 6.26. The van der Waals surface area contributed by atoms with Gasteiger partial charge in [-0.25, -0.2) is 0 Å². The third-order valence-electron chi connectivity index (χ3n) is 2.37. The Morgan fingerprint density at radius 2 is 1.93 bits per heavy atom. The minimum absolute atomic E-state index is 0.628. The first-order valence-electron chi connectivity index (χ1n) is 5.56. The second-order valence-electron chi connectivity index (χ2n) is 3.92. The number of unbranched alkanes of at least 4 members (excludes halogenated alkanes) is 1. The van der Waals surface area contributed by atoms with Crippen molar-refractivity contribution in [3.8, 4) is 5.75 Å². The number of alkyl halides is 1. The summed E-state index contributed by atoms with van der Waals surface area (Å²) in [6.07, 6.45) is 3.50. The predicted molar refractivity (Wildman–Crippen MR) is 65.7 cm³/mol. The Balaban J connectivity index is 2.03. The molecule has 1 aromatic rings. The molecule has 1 rings (SSSR count). The molecule has 2 heteroatoms. The van der Waals surface area contributed by atoms with Gasteiger partial charge in [0.1, 0.15) is 5.75 Å². The molecule has 15 heavy (non-hydrogen) atoms. The maximum Gasteiger partial charge on any atom is 0.119 e. The summed E-state index contributed by atoms with van der Waals surface area (Å²) in [4.78, 5) is 0. The standard InChI is InChI=1S/C13H19ClO/c1-12(11-14)7-5-6-10-15-13-8-3-2-4-9-13/h2-4,8-9,12H,5-7,10-11H2,1H3. The monoisotopic (exact) mass is 226 g/mol. The fraction of sp³-hybridized carbons (Fsp3) is 0.538. The normalized spacial score (nSPS) is 12.4. The molecule has 0 aliphatic rings. The number of ether oxygens (including phenoxy) is 1. The van der Waals surface area contributed by atoms with Gasteiger partial charge in [-0.3, -0.25) is 0 Å². The highest BCUT2D eigenvalue weighted by atomic mass is 35.5. The van der Waals surface area contributed by atoms with Crippen molar-refractivity contribution in [1.29, 1.82) is 0 Å². The van der Waals surface area contributed by atoms with Crippen LogP contribution in [-0.4, -0.2) is 12.5 Å². The molecule has 0 aliphatic carbocycles. The predicted octanol–water partition coefficient (Wildman–Crippen LogP) is 4.11. The molecule has 0 saturated carbocycles. The molecule has 1 atom stereocenters. The molecule has 1 aromatic carbocycles. The Bertz CT molecular complexity index is 248. The van der Waals surface area contributed by atoms with Crippen molar-refractivity contribution >= 4 is 11.6 Å². The number of hydrogen-bond acceptors (Lipinski definition) is 1. The van der Waals surface area contributed by atoms with E-state index in [0.717, 1.165) is 24.7 Å². The van der Waals surface area contributed by atoms with Crippen LogP contribution in [0.5, 0.6) is 5.75 Å². The molecule has 1 unspecified atom stereocenters. The molecular weight excluding hydrogens is 208 g/mol. The lowest BCUT2D eigenvalue weighted by Crippen LogP contribution is -2.00. The molecule has 0 amide bonds. The summed E-state index contributed by atoms with van der Waals surface area (Å²) in [5.41, 5.74) is 0. The van der Waals surface area contributed by atoms with Crippen LogP contribution in [0.15, 0.2) is 30.3 Å². The summed E-state index contributed by atoms with van der Waals surface area (Å²) in [5, 5.41) is 0. The van der Waals surface area contributed by atoms with E-state index in [2.05, 4.69) is 6.92 Å². The van der Waals surface area contributed by atoms with Gasteiger partial charge in [0.25, 0.3) is 0 Å². The number of benzene rings is 1. The molecule has 0 spiro atoms. The highest BCUT2D eigenvalue weighted by molar-refractivity contribution is 6.18. The van der Waals surface area contributed by atoms with Crippen LogP contribution in [0.25, 0.3) is 0 Å². The van der Waals surface area contributed by atoms with Crippen molar-refractivity contribution in [1.82, 2.24) is 0 Å². The van der Waals surface area contributed by atoms with Gasteiger partial charge < -0.3 is 4.74 Å². The fourth-order valence-corrected chi connectivity index (χ4v) is 1.53. The largest absolute Gasteiger partial charge is 0.494 e. The molecule has 0 aliphatic heterocycles. The van der Waals surface area contributed by atoms with E-state index < -0.39 is 0 Å². The molecule has 84 valence electrons. The van der Waals surface area contributed by atoms with E-state index >= 15 is 0 Å².